The van der Waals surface area contributed by atoms with Crippen LogP contribution in [0.4, 0.5) is 11.7 Å². The SMILES string of the molecule is Cc1nnc(NC2CCN3c4ccc(Br)cc4[C@@H](C)c4ccccc4[C@@H]3C2)o1. The molecule has 0 spiro atoms. The van der Waals surface area contributed by atoms with E-state index in [2.05, 4.69) is 85.7 Å². The second-order valence-electron chi connectivity index (χ2n) is 7.75. The van der Waals surface area contributed by atoms with Gasteiger partial charge in [0.2, 0.25) is 5.89 Å². The summed E-state index contributed by atoms with van der Waals surface area (Å²) in [4.78, 5) is 2.58. The smallest absolute Gasteiger partial charge is 0.315 e. The zero-order valence-electron chi connectivity index (χ0n) is 16.0. The highest BCUT2D eigenvalue weighted by atomic mass is 79.9. The average Bonchev–Trinajstić information content (AvgIpc) is 3.08. The number of fused-ring (bicyclic) bond motifs is 5. The Morgan fingerprint density at radius 3 is 2.71 bits per heavy atom. The Morgan fingerprint density at radius 2 is 1.93 bits per heavy atom. The van der Waals surface area contributed by atoms with E-state index in [0.29, 0.717) is 29.9 Å². The number of nitrogens with one attached hydrogen (secondary N) is 1. The molecule has 3 heterocycles. The lowest BCUT2D eigenvalue weighted by molar-refractivity contribution is 0.425. The van der Waals surface area contributed by atoms with Gasteiger partial charge in [0.05, 0.1) is 6.04 Å². The zero-order valence-corrected chi connectivity index (χ0v) is 17.6. The number of rotatable bonds is 2. The summed E-state index contributed by atoms with van der Waals surface area (Å²) >= 11 is 3.67. The number of benzene rings is 2. The third-order valence-electron chi connectivity index (χ3n) is 6.04. The molecule has 2 aliphatic rings. The molecular weight excluding hydrogens is 416 g/mol. The highest BCUT2D eigenvalue weighted by molar-refractivity contribution is 9.10. The summed E-state index contributed by atoms with van der Waals surface area (Å²) in [5, 5.41) is 11.5. The maximum Gasteiger partial charge on any atom is 0.315 e. The lowest BCUT2D eigenvalue weighted by Crippen LogP contribution is -2.41. The van der Waals surface area contributed by atoms with Crippen molar-refractivity contribution < 1.29 is 4.42 Å². The van der Waals surface area contributed by atoms with Crippen LogP contribution in [-0.2, 0) is 0 Å². The number of piperidine rings is 1. The van der Waals surface area contributed by atoms with Crippen LogP contribution >= 0.6 is 15.9 Å². The molecule has 0 amide bonds. The lowest BCUT2D eigenvalue weighted by Gasteiger charge is -2.41. The van der Waals surface area contributed by atoms with Crippen LogP contribution in [0.1, 0.15) is 54.3 Å². The van der Waals surface area contributed by atoms with E-state index in [1.807, 2.05) is 6.92 Å². The van der Waals surface area contributed by atoms with Crippen LogP contribution in [0, 0.1) is 6.92 Å². The van der Waals surface area contributed by atoms with E-state index in [4.69, 9.17) is 4.42 Å². The van der Waals surface area contributed by atoms with Crippen molar-refractivity contribution in [1.82, 2.24) is 10.2 Å². The number of anilines is 2. The van der Waals surface area contributed by atoms with E-state index in [9.17, 15) is 0 Å². The fourth-order valence-electron chi connectivity index (χ4n) is 4.72. The summed E-state index contributed by atoms with van der Waals surface area (Å²) in [5.74, 6) is 0.951. The molecule has 28 heavy (non-hydrogen) atoms. The number of hydrogen-bond donors (Lipinski definition) is 1. The van der Waals surface area contributed by atoms with Crippen LogP contribution in [0.25, 0.3) is 0 Å². The van der Waals surface area contributed by atoms with Crippen molar-refractivity contribution in [1.29, 1.82) is 0 Å². The second kappa shape index (κ2) is 6.92. The number of nitrogens with zero attached hydrogens (tertiary/aromatic N) is 3. The Balaban J connectivity index is 1.55. The van der Waals surface area contributed by atoms with Crippen molar-refractivity contribution in [3.05, 3.63) is 69.5 Å². The first-order valence-corrected chi connectivity index (χ1v) is 10.6. The summed E-state index contributed by atoms with van der Waals surface area (Å²) in [6.07, 6.45) is 2.03. The molecule has 0 saturated carbocycles. The van der Waals surface area contributed by atoms with Crippen molar-refractivity contribution in [3.8, 4) is 0 Å². The van der Waals surface area contributed by atoms with E-state index in [-0.39, 0.29) is 0 Å². The number of aryl methyl sites for hydroxylation is 1. The molecule has 2 aliphatic heterocycles. The van der Waals surface area contributed by atoms with E-state index in [1.165, 1.54) is 22.4 Å². The van der Waals surface area contributed by atoms with Crippen molar-refractivity contribution in [2.45, 2.75) is 44.7 Å². The van der Waals surface area contributed by atoms with Gasteiger partial charge < -0.3 is 14.6 Å². The summed E-state index contributed by atoms with van der Waals surface area (Å²) < 4.78 is 6.69. The van der Waals surface area contributed by atoms with E-state index in [1.54, 1.807) is 0 Å². The van der Waals surface area contributed by atoms with Gasteiger partial charge in [0.15, 0.2) is 0 Å². The lowest BCUT2D eigenvalue weighted by atomic mass is 9.86. The molecule has 1 unspecified atom stereocenters. The van der Waals surface area contributed by atoms with Gasteiger partial charge in [0.25, 0.3) is 0 Å². The Labute approximate surface area is 173 Å². The van der Waals surface area contributed by atoms with Crippen molar-refractivity contribution in [2.75, 3.05) is 16.8 Å². The van der Waals surface area contributed by atoms with Crippen LogP contribution in [0.15, 0.2) is 51.4 Å². The number of halogens is 1. The number of aromatic nitrogens is 2. The molecule has 1 saturated heterocycles. The van der Waals surface area contributed by atoms with Crippen LogP contribution in [-0.4, -0.2) is 22.8 Å². The Morgan fingerprint density at radius 1 is 1.11 bits per heavy atom. The summed E-state index contributed by atoms with van der Waals surface area (Å²) in [5.41, 5.74) is 5.59. The highest BCUT2D eigenvalue weighted by Gasteiger charge is 2.36. The quantitative estimate of drug-likeness (QED) is 0.577. The average molecular weight is 439 g/mol. The third-order valence-corrected chi connectivity index (χ3v) is 6.54. The van der Waals surface area contributed by atoms with Gasteiger partial charge in [-0.25, -0.2) is 0 Å². The summed E-state index contributed by atoms with van der Waals surface area (Å²) in [7, 11) is 0. The van der Waals surface area contributed by atoms with Gasteiger partial charge in [-0.15, -0.1) is 5.10 Å². The topological polar surface area (TPSA) is 54.2 Å². The van der Waals surface area contributed by atoms with Gasteiger partial charge >= 0.3 is 6.01 Å². The van der Waals surface area contributed by atoms with Gasteiger partial charge in [0.1, 0.15) is 0 Å². The predicted octanol–water partition coefficient (Wildman–Crippen LogP) is 5.43. The highest BCUT2D eigenvalue weighted by Crippen LogP contribution is 2.47. The minimum atomic E-state index is 0.307. The Kier molecular flexibility index (Phi) is 4.38. The van der Waals surface area contributed by atoms with E-state index < -0.39 is 0 Å². The first-order valence-electron chi connectivity index (χ1n) is 9.81. The molecule has 1 fully saturated rings. The molecule has 1 N–H and O–H groups in total. The molecule has 1 aromatic heterocycles. The molecule has 6 heteroatoms. The summed E-state index contributed by atoms with van der Waals surface area (Å²) in [6.45, 7) is 5.13. The maximum atomic E-state index is 5.55. The largest absolute Gasteiger partial charge is 0.408 e. The standard InChI is InChI=1S/C22H23BrN4O/c1-13-17-5-3-4-6-18(17)21-12-16(24-22-26-25-14(2)28-22)9-10-27(21)20-8-7-15(23)11-19(13)20/h3-8,11,13,16,21H,9-10,12H2,1-2H3,(H,24,26)/t13-,16?,21-/m0/s1. The Bertz CT molecular complexity index is 1020. The molecule has 0 bridgehead atoms. The normalized spacial score (nSPS) is 23.4. The maximum absolute atomic E-state index is 5.55. The van der Waals surface area contributed by atoms with Gasteiger partial charge in [-0.2, -0.15) is 0 Å². The van der Waals surface area contributed by atoms with Gasteiger partial charge in [-0.1, -0.05) is 52.2 Å². The third kappa shape index (κ3) is 3.00. The van der Waals surface area contributed by atoms with Crippen LogP contribution in [0.2, 0.25) is 0 Å². The van der Waals surface area contributed by atoms with Crippen molar-refractivity contribution >= 4 is 27.6 Å². The van der Waals surface area contributed by atoms with E-state index >= 15 is 0 Å². The molecule has 2 aromatic carbocycles. The summed E-state index contributed by atoms with van der Waals surface area (Å²) in [6, 6.07) is 16.8. The molecule has 0 radical (unpaired) electrons. The van der Waals surface area contributed by atoms with Crippen LogP contribution in [0.5, 0.6) is 0 Å². The van der Waals surface area contributed by atoms with Crippen LogP contribution in [0.3, 0.4) is 0 Å². The molecule has 144 valence electrons. The molecule has 3 aromatic rings. The fourth-order valence-corrected chi connectivity index (χ4v) is 5.10. The van der Waals surface area contributed by atoms with Gasteiger partial charge in [0, 0.05) is 35.6 Å². The Hall–Kier alpha value is -2.34. The minimum Gasteiger partial charge on any atom is -0.408 e. The first-order chi connectivity index (χ1) is 13.6. The van der Waals surface area contributed by atoms with Gasteiger partial charge in [-0.05, 0) is 47.7 Å². The van der Waals surface area contributed by atoms with Gasteiger partial charge in [-0.3, -0.25) is 0 Å². The molecule has 5 nitrogen and oxygen atoms in total. The molecular formula is C22H23BrN4O. The predicted molar refractivity (Wildman–Crippen MR) is 114 cm³/mol. The van der Waals surface area contributed by atoms with Crippen LogP contribution < -0.4 is 10.2 Å². The molecule has 5 rings (SSSR count). The molecule has 3 atom stereocenters. The second-order valence-corrected chi connectivity index (χ2v) is 8.67. The van der Waals surface area contributed by atoms with Crippen molar-refractivity contribution in [2.24, 2.45) is 0 Å². The fraction of sp³-hybridized carbons (Fsp3) is 0.364. The minimum absolute atomic E-state index is 0.307. The molecule has 0 aliphatic carbocycles. The number of hydrogen-bond acceptors (Lipinski definition) is 5. The van der Waals surface area contributed by atoms with Crippen molar-refractivity contribution in [3.63, 3.8) is 0 Å². The monoisotopic (exact) mass is 438 g/mol. The van der Waals surface area contributed by atoms with E-state index in [0.717, 1.165) is 23.9 Å². The zero-order chi connectivity index (χ0) is 19.3. The first kappa shape index (κ1) is 17.7.